The van der Waals surface area contributed by atoms with Crippen LogP contribution in [0.5, 0.6) is 11.5 Å². The van der Waals surface area contributed by atoms with Gasteiger partial charge in [0.05, 0.1) is 9.79 Å². The van der Waals surface area contributed by atoms with E-state index in [4.69, 9.17) is 4.74 Å². The first-order valence-electron chi connectivity index (χ1n) is 21.4. The van der Waals surface area contributed by atoms with Crippen molar-refractivity contribution in [2.75, 3.05) is 0 Å². The molecule has 0 heterocycles. The summed E-state index contributed by atoms with van der Waals surface area (Å²) in [5, 5.41) is 0. The Morgan fingerprint density at radius 2 is 0.636 bits per heavy atom. The third kappa shape index (κ3) is 25.3. The maximum Gasteiger partial charge on any atom is 1.00 e. The van der Waals surface area contributed by atoms with Crippen LogP contribution in [0.15, 0.2) is 46.2 Å². The Morgan fingerprint density at radius 3 is 0.873 bits per heavy atom. The van der Waals surface area contributed by atoms with E-state index >= 15 is 0 Å². The minimum Gasteiger partial charge on any atom is -0.744 e. The molecule has 7 nitrogen and oxygen atoms in total. The average Bonchev–Trinajstić information content (AvgIpc) is 3.12. The Balaban J connectivity index is 0.0000146. The molecule has 304 valence electrons. The molecule has 0 N–H and O–H groups in total. The molecule has 0 aliphatic rings. The molecule has 2 aromatic carbocycles. The van der Waals surface area contributed by atoms with Gasteiger partial charge in [-0.05, 0) is 48.9 Å². The van der Waals surface area contributed by atoms with Crippen LogP contribution >= 0.6 is 0 Å². The van der Waals surface area contributed by atoms with Gasteiger partial charge in [-0.2, -0.15) is 0 Å². The van der Waals surface area contributed by atoms with Crippen molar-refractivity contribution in [3.05, 3.63) is 47.5 Å². The molecule has 0 saturated heterocycles. The fourth-order valence-electron chi connectivity index (χ4n) is 7.26. The van der Waals surface area contributed by atoms with E-state index < -0.39 is 30.0 Å². The van der Waals surface area contributed by atoms with Gasteiger partial charge >= 0.3 is 59.1 Å². The number of hydrogen-bond donors (Lipinski definition) is 0. The van der Waals surface area contributed by atoms with E-state index in [1.54, 1.807) is 12.1 Å². The second-order valence-electron chi connectivity index (χ2n) is 15.2. The van der Waals surface area contributed by atoms with Gasteiger partial charge in [0, 0.05) is 0 Å². The average molecular weight is 823 g/mol. The number of para-hydroxylation sites is 2. The van der Waals surface area contributed by atoms with Crippen LogP contribution in [0, 0.1) is 0 Å². The van der Waals surface area contributed by atoms with Crippen molar-refractivity contribution in [1.82, 2.24) is 0 Å². The van der Waals surface area contributed by atoms with Gasteiger partial charge in [0.25, 0.3) is 0 Å². The van der Waals surface area contributed by atoms with Crippen molar-refractivity contribution >= 4 is 20.2 Å². The summed E-state index contributed by atoms with van der Waals surface area (Å²) in [4.78, 5) is -1.08. The summed E-state index contributed by atoms with van der Waals surface area (Å²) < 4.78 is 80.3. The maximum absolute atomic E-state index is 12.4. The Bertz CT molecular complexity index is 1360. The van der Waals surface area contributed by atoms with Gasteiger partial charge in [-0.15, -0.1) is 0 Å². The third-order valence-electron chi connectivity index (χ3n) is 10.5. The molecule has 0 atom stereocenters. The van der Waals surface area contributed by atoms with Gasteiger partial charge < -0.3 is 13.8 Å². The molecule has 0 aliphatic heterocycles. The van der Waals surface area contributed by atoms with Crippen molar-refractivity contribution in [3.63, 3.8) is 0 Å². The largest absolute Gasteiger partial charge is 1.00 e. The van der Waals surface area contributed by atoms with Gasteiger partial charge in [-0.3, -0.25) is 0 Å². The van der Waals surface area contributed by atoms with E-state index in [0.29, 0.717) is 24.0 Å². The summed E-state index contributed by atoms with van der Waals surface area (Å²) in [6.45, 7) is 4.49. The number of unbranched alkanes of at least 4 members (excludes halogenated alkanes) is 26. The zero-order valence-electron chi connectivity index (χ0n) is 35.4. The molecule has 0 fully saturated rings. The standard InChI is InChI=1S/C44H74O7S2.2Na/c1-3-5-7-9-11-13-15-17-19-21-23-25-27-29-33-39-35-31-37-41(52(45,46)47)43(39)51-44-40(36-32-38-42(44)53(48,49)50)34-30-28-26-24-22-20-18-16-14-12-10-8-6-4-2;;/h31-32,35-38H,3-30,33-34H2,1-2H3,(H,45,46,47)(H,48,49,50);;/q;2*+1/p-2. The Morgan fingerprint density at radius 1 is 0.400 bits per heavy atom. The van der Waals surface area contributed by atoms with Gasteiger partial charge in [0.15, 0.2) is 0 Å². The normalized spacial score (nSPS) is 11.6. The first-order valence-corrected chi connectivity index (χ1v) is 24.2. The maximum atomic E-state index is 12.4. The molecular formula is C44H72Na2O7S2. The number of hydrogen-bond acceptors (Lipinski definition) is 7. The molecule has 0 amide bonds. The van der Waals surface area contributed by atoms with Gasteiger partial charge in [0.1, 0.15) is 31.7 Å². The van der Waals surface area contributed by atoms with Crippen molar-refractivity contribution in [3.8, 4) is 11.5 Å². The zero-order chi connectivity index (χ0) is 38.6. The minimum atomic E-state index is -4.94. The van der Waals surface area contributed by atoms with Crippen LogP contribution < -0.4 is 63.9 Å². The summed E-state index contributed by atoms with van der Waals surface area (Å²) >= 11 is 0. The Labute approximate surface area is 381 Å². The number of ether oxygens (including phenoxy) is 1. The van der Waals surface area contributed by atoms with Crippen molar-refractivity contribution < 1.29 is 89.8 Å². The van der Waals surface area contributed by atoms with Crippen molar-refractivity contribution in [2.45, 2.75) is 216 Å². The minimum absolute atomic E-state index is 0. The summed E-state index contributed by atoms with van der Waals surface area (Å²) in [5.41, 5.74) is 1.03. The summed E-state index contributed by atoms with van der Waals surface area (Å²) in [6.07, 6.45) is 34.9. The molecular weight excluding hydrogens is 751 g/mol. The molecule has 2 rings (SSSR count). The van der Waals surface area contributed by atoms with Crippen LogP contribution in [0.2, 0.25) is 0 Å². The molecule has 55 heavy (non-hydrogen) atoms. The monoisotopic (exact) mass is 822 g/mol. The Hall–Kier alpha value is 0.0600. The van der Waals surface area contributed by atoms with Crippen molar-refractivity contribution in [2.24, 2.45) is 0 Å². The van der Waals surface area contributed by atoms with Gasteiger partial charge in [0.2, 0.25) is 0 Å². The predicted octanol–water partition coefficient (Wildman–Crippen LogP) is 7.34. The molecule has 0 spiro atoms. The first kappa shape index (κ1) is 55.1. The predicted molar refractivity (Wildman–Crippen MR) is 217 cm³/mol. The Kier molecular flexibility index (Phi) is 33.9. The van der Waals surface area contributed by atoms with Crippen LogP contribution in [0.3, 0.4) is 0 Å². The first-order chi connectivity index (χ1) is 25.6. The molecule has 0 aromatic heterocycles. The molecule has 11 heteroatoms. The van der Waals surface area contributed by atoms with E-state index in [-0.39, 0.29) is 70.6 Å². The number of benzene rings is 2. The summed E-state index contributed by atoms with van der Waals surface area (Å²) in [7, 11) is -9.88. The molecule has 2 aromatic rings. The fourth-order valence-corrected chi connectivity index (χ4v) is 8.55. The van der Waals surface area contributed by atoms with Crippen LogP contribution in [0.4, 0.5) is 0 Å². The second kappa shape index (κ2) is 33.8. The van der Waals surface area contributed by atoms with Crippen molar-refractivity contribution in [1.29, 1.82) is 0 Å². The van der Waals surface area contributed by atoms with E-state index in [1.807, 2.05) is 0 Å². The van der Waals surface area contributed by atoms with Gasteiger partial charge in [-0.1, -0.05) is 205 Å². The molecule has 0 aliphatic carbocycles. The number of rotatable bonds is 34. The van der Waals surface area contributed by atoms with Crippen LogP contribution in [-0.4, -0.2) is 25.9 Å². The van der Waals surface area contributed by atoms with Gasteiger partial charge in [-0.25, -0.2) is 16.8 Å². The number of aryl methyl sites for hydroxylation is 2. The van der Waals surface area contributed by atoms with Crippen LogP contribution in [-0.2, 0) is 33.1 Å². The van der Waals surface area contributed by atoms with E-state index in [1.165, 1.54) is 153 Å². The van der Waals surface area contributed by atoms with E-state index in [2.05, 4.69) is 13.8 Å². The summed E-state index contributed by atoms with van der Waals surface area (Å²) in [5.74, 6) is -0.342. The van der Waals surface area contributed by atoms with Crippen LogP contribution in [0.25, 0.3) is 0 Å². The summed E-state index contributed by atoms with van der Waals surface area (Å²) in [6, 6.07) is 8.84. The second-order valence-corrected chi connectivity index (χ2v) is 17.9. The molecule has 0 radical (unpaired) electrons. The fraction of sp³-hybridized carbons (Fsp3) is 0.727. The quantitative estimate of drug-likeness (QED) is 0.0411. The zero-order valence-corrected chi connectivity index (χ0v) is 41.0. The smallest absolute Gasteiger partial charge is 0.744 e. The molecule has 0 bridgehead atoms. The SMILES string of the molecule is CCCCCCCCCCCCCCCCc1cccc(S(=O)(=O)[O-])c1Oc1c(CCCCCCCCCCCCCCCC)cccc1S(=O)(=O)[O-].[Na+].[Na+]. The van der Waals surface area contributed by atoms with Crippen LogP contribution in [0.1, 0.15) is 205 Å². The molecule has 0 unspecified atom stereocenters. The third-order valence-corrected chi connectivity index (χ3v) is 12.2. The van der Waals surface area contributed by atoms with E-state index in [0.717, 1.165) is 51.4 Å². The van der Waals surface area contributed by atoms with E-state index in [9.17, 15) is 25.9 Å². The topological polar surface area (TPSA) is 124 Å². The molecule has 0 saturated carbocycles.